The molecule has 1 aliphatic heterocycles. The van der Waals surface area contributed by atoms with Crippen molar-refractivity contribution < 1.29 is 9.90 Å². The van der Waals surface area contributed by atoms with E-state index in [1.165, 1.54) is 31.3 Å². The van der Waals surface area contributed by atoms with Crippen molar-refractivity contribution in [3.05, 3.63) is 11.6 Å². The van der Waals surface area contributed by atoms with Gasteiger partial charge in [-0.3, -0.25) is 0 Å². The Kier molecular flexibility index (Phi) is 2.98. The number of hydrogen-bond acceptors (Lipinski definition) is 1. The molecule has 2 rings (SSSR count). The molecule has 0 unspecified atom stereocenters. The molecule has 0 aromatic heterocycles. The third-order valence-corrected chi connectivity index (χ3v) is 3.67. The molecule has 1 aliphatic carbocycles. The maximum Gasteiger partial charge on any atom is 0.407 e. The molecule has 0 radical (unpaired) electrons. The predicted molar refractivity (Wildman–Crippen MR) is 58.9 cm³/mol. The minimum Gasteiger partial charge on any atom is -0.465 e. The summed E-state index contributed by atoms with van der Waals surface area (Å²) in [6.45, 7) is 2.72. The fourth-order valence-corrected chi connectivity index (χ4v) is 2.80. The highest BCUT2D eigenvalue weighted by atomic mass is 16.4. The molecule has 15 heavy (non-hydrogen) atoms. The molecule has 2 aliphatic rings. The number of likely N-dealkylation sites (tertiary alicyclic amines) is 1. The van der Waals surface area contributed by atoms with Gasteiger partial charge < -0.3 is 10.0 Å². The fraction of sp³-hybridized carbons (Fsp3) is 0.750. The minimum atomic E-state index is -0.763. The zero-order valence-corrected chi connectivity index (χ0v) is 9.28. The van der Waals surface area contributed by atoms with Crippen molar-refractivity contribution in [3.8, 4) is 0 Å². The zero-order valence-electron chi connectivity index (χ0n) is 9.28. The Bertz CT molecular complexity index is 285. The van der Waals surface area contributed by atoms with Crippen LogP contribution in [0.2, 0.25) is 0 Å². The third kappa shape index (κ3) is 2.16. The molecule has 2 atom stereocenters. The van der Waals surface area contributed by atoms with E-state index >= 15 is 0 Å². The zero-order chi connectivity index (χ0) is 10.8. The van der Waals surface area contributed by atoms with Crippen LogP contribution < -0.4 is 0 Å². The molecule has 0 saturated carbocycles. The molecule has 1 saturated heterocycles. The minimum absolute atomic E-state index is 0.190. The van der Waals surface area contributed by atoms with Crippen molar-refractivity contribution >= 4 is 6.09 Å². The maximum atomic E-state index is 10.9. The highest BCUT2D eigenvalue weighted by Gasteiger charge is 2.33. The van der Waals surface area contributed by atoms with Gasteiger partial charge in [0.05, 0.1) is 0 Å². The van der Waals surface area contributed by atoms with Crippen LogP contribution in [-0.4, -0.2) is 28.7 Å². The van der Waals surface area contributed by atoms with E-state index in [4.69, 9.17) is 5.11 Å². The van der Waals surface area contributed by atoms with Crippen LogP contribution in [0.15, 0.2) is 11.6 Å². The van der Waals surface area contributed by atoms with Crippen molar-refractivity contribution in [1.82, 2.24) is 4.90 Å². The summed E-state index contributed by atoms with van der Waals surface area (Å²) < 4.78 is 0. The summed E-state index contributed by atoms with van der Waals surface area (Å²) >= 11 is 0. The normalized spacial score (nSPS) is 31.5. The summed E-state index contributed by atoms with van der Waals surface area (Å²) in [6, 6.07) is 0.190. The molecular weight excluding hydrogens is 190 g/mol. The predicted octanol–water partition coefficient (Wildman–Crippen LogP) is 2.88. The highest BCUT2D eigenvalue weighted by Crippen LogP contribution is 2.33. The standard InChI is InChI=1S/C12H19NO2/c1-9-7-11(8-13(9)12(14)15)10-5-3-2-4-6-10/h5,9,11H,2-4,6-8H2,1H3,(H,14,15)/t9-,11+/m1/s1. The summed E-state index contributed by atoms with van der Waals surface area (Å²) in [6.07, 6.45) is 7.54. The van der Waals surface area contributed by atoms with Gasteiger partial charge in [-0.2, -0.15) is 0 Å². The first-order valence-corrected chi connectivity index (χ1v) is 5.87. The Morgan fingerprint density at radius 3 is 2.87 bits per heavy atom. The van der Waals surface area contributed by atoms with Gasteiger partial charge in [-0.05, 0) is 44.9 Å². The monoisotopic (exact) mass is 209 g/mol. The summed E-state index contributed by atoms with van der Waals surface area (Å²) in [5.74, 6) is 0.497. The van der Waals surface area contributed by atoms with Gasteiger partial charge in [-0.25, -0.2) is 4.79 Å². The van der Waals surface area contributed by atoms with E-state index in [1.54, 1.807) is 4.90 Å². The van der Waals surface area contributed by atoms with Gasteiger partial charge >= 0.3 is 6.09 Å². The number of hydrogen-bond donors (Lipinski definition) is 1. The maximum absolute atomic E-state index is 10.9. The molecular formula is C12H19NO2. The van der Waals surface area contributed by atoms with Gasteiger partial charge in [0, 0.05) is 12.6 Å². The lowest BCUT2D eigenvalue weighted by Crippen LogP contribution is -2.32. The quantitative estimate of drug-likeness (QED) is 0.674. The molecule has 3 nitrogen and oxygen atoms in total. The molecule has 3 heteroatoms. The van der Waals surface area contributed by atoms with E-state index in [0.717, 1.165) is 6.42 Å². The molecule has 1 fully saturated rings. The molecule has 1 amide bonds. The van der Waals surface area contributed by atoms with Crippen molar-refractivity contribution in [2.45, 2.75) is 45.1 Å². The molecule has 0 bridgehead atoms. The van der Waals surface area contributed by atoms with Gasteiger partial charge in [0.1, 0.15) is 0 Å². The van der Waals surface area contributed by atoms with Crippen LogP contribution in [0.1, 0.15) is 39.0 Å². The van der Waals surface area contributed by atoms with Crippen LogP contribution in [0.25, 0.3) is 0 Å². The van der Waals surface area contributed by atoms with Crippen LogP contribution >= 0.6 is 0 Å². The highest BCUT2D eigenvalue weighted by molar-refractivity contribution is 5.66. The Morgan fingerprint density at radius 1 is 1.53 bits per heavy atom. The molecule has 1 N–H and O–H groups in total. The second-order valence-corrected chi connectivity index (χ2v) is 4.74. The second kappa shape index (κ2) is 4.25. The molecule has 84 valence electrons. The number of rotatable bonds is 1. The lowest BCUT2D eigenvalue weighted by Gasteiger charge is -2.19. The Hall–Kier alpha value is -0.990. The van der Waals surface area contributed by atoms with E-state index in [-0.39, 0.29) is 6.04 Å². The molecule has 1 heterocycles. The molecule has 0 spiro atoms. The van der Waals surface area contributed by atoms with E-state index in [1.807, 2.05) is 6.92 Å². The van der Waals surface area contributed by atoms with Crippen molar-refractivity contribution in [1.29, 1.82) is 0 Å². The van der Waals surface area contributed by atoms with Gasteiger partial charge in [-0.15, -0.1) is 0 Å². The smallest absolute Gasteiger partial charge is 0.407 e. The number of allylic oxidation sites excluding steroid dienone is 1. The van der Waals surface area contributed by atoms with Crippen LogP contribution in [-0.2, 0) is 0 Å². The lowest BCUT2D eigenvalue weighted by molar-refractivity contribution is 0.142. The third-order valence-electron chi connectivity index (χ3n) is 3.67. The fourth-order valence-electron chi connectivity index (χ4n) is 2.80. The summed E-state index contributed by atoms with van der Waals surface area (Å²) in [5, 5.41) is 9.01. The number of carbonyl (C=O) groups is 1. The average Bonchev–Trinajstić information content (AvgIpc) is 2.62. The Balaban J connectivity index is 2.01. The first-order chi connectivity index (χ1) is 7.18. The molecule has 0 aromatic carbocycles. The first kappa shape index (κ1) is 10.5. The summed E-state index contributed by atoms with van der Waals surface area (Å²) in [5.41, 5.74) is 1.51. The average molecular weight is 209 g/mol. The van der Waals surface area contributed by atoms with Crippen LogP contribution in [0, 0.1) is 5.92 Å². The van der Waals surface area contributed by atoms with E-state index < -0.39 is 6.09 Å². The Labute approximate surface area is 90.8 Å². The number of nitrogens with zero attached hydrogens (tertiary/aromatic N) is 1. The van der Waals surface area contributed by atoms with E-state index in [9.17, 15) is 4.79 Å². The molecule has 0 aromatic rings. The SMILES string of the molecule is C[C@@H]1C[C@H](C2=CCCCC2)CN1C(=O)O. The summed E-state index contributed by atoms with van der Waals surface area (Å²) in [4.78, 5) is 12.5. The van der Waals surface area contributed by atoms with Crippen LogP contribution in [0.4, 0.5) is 4.79 Å². The van der Waals surface area contributed by atoms with E-state index in [0.29, 0.717) is 12.5 Å². The van der Waals surface area contributed by atoms with Gasteiger partial charge in [-0.1, -0.05) is 11.6 Å². The van der Waals surface area contributed by atoms with Crippen LogP contribution in [0.3, 0.4) is 0 Å². The van der Waals surface area contributed by atoms with Gasteiger partial charge in [0.25, 0.3) is 0 Å². The largest absolute Gasteiger partial charge is 0.465 e. The first-order valence-electron chi connectivity index (χ1n) is 5.87. The lowest BCUT2D eigenvalue weighted by atomic mass is 9.88. The van der Waals surface area contributed by atoms with Gasteiger partial charge in [0.15, 0.2) is 0 Å². The Morgan fingerprint density at radius 2 is 2.33 bits per heavy atom. The van der Waals surface area contributed by atoms with Crippen LogP contribution in [0.5, 0.6) is 0 Å². The van der Waals surface area contributed by atoms with Crippen molar-refractivity contribution in [2.24, 2.45) is 5.92 Å². The second-order valence-electron chi connectivity index (χ2n) is 4.74. The summed E-state index contributed by atoms with van der Waals surface area (Å²) in [7, 11) is 0. The van der Waals surface area contributed by atoms with Crippen molar-refractivity contribution in [2.75, 3.05) is 6.54 Å². The number of carboxylic acid groups (broad SMARTS) is 1. The topological polar surface area (TPSA) is 40.5 Å². The van der Waals surface area contributed by atoms with E-state index in [2.05, 4.69) is 6.08 Å². The van der Waals surface area contributed by atoms with Crippen molar-refractivity contribution in [3.63, 3.8) is 0 Å². The number of amides is 1. The van der Waals surface area contributed by atoms with Gasteiger partial charge in [0.2, 0.25) is 0 Å².